The van der Waals surface area contributed by atoms with Gasteiger partial charge >= 0.3 is 0 Å². The predicted octanol–water partition coefficient (Wildman–Crippen LogP) is 2.99. The molecule has 0 aliphatic carbocycles. The monoisotopic (exact) mass is 239 g/mol. The van der Waals surface area contributed by atoms with Crippen LogP contribution in [0, 0.1) is 11.3 Å². The third-order valence-corrected chi connectivity index (χ3v) is 2.83. The number of methoxy groups -OCH3 is 2. The molecule has 0 aromatic heterocycles. The van der Waals surface area contributed by atoms with E-state index in [2.05, 4.69) is 6.07 Å². The first-order chi connectivity index (χ1) is 7.69. The highest BCUT2D eigenvalue weighted by atomic mass is 35.5. The molecule has 86 valence electrons. The fourth-order valence-corrected chi connectivity index (χ4v) is 2.09. The molecule has 0 radical (unpaired) electrons. The Balaban J connectivity index is 3.42. The van der Waals surface area contributed by atoms with Crippen LogP contribution in [0.4, 0.5) is 0 Å². The Morgan fingerprint density at radius 1 is 1.38 bits per heavy atom. The van der Waals surface area contributed by atoms with Gasteiger partial charge in [-0.3, -0.25) is 0 Å². The van der Waals surface area contributed by atoms with Gasteiger partial charge in [0.25, 0.3) is 0 Å². The van der Waals surface area contributed by atoms with Crippen LogP contribution in [0.3, 0.4) is 0 Å². The van der Waals surface area contributed by atoms with Crippen LogP contribution in [-0.2, 0) is 12.8 Å². The first-order valence-electron chi connectivity index (χ1n) is 4.98. The highest BCUT2D eigenvalue weighted by molar-refractivity contribution is 6.33. The van der Waals surface area contributed by atoms with Crippen molar-refractivity contribution in [1.29, 1.82) is 5.26 Å². The maximum atomic E-state index is 8.76. The van der Waals surface area contributed by atoms with Gasteiger partial charge in [0.2, 0.25) is 0 Å². The van der Waals surface area contributed by atoms with Gasteiger partial charge in [0.05, 0.1) is 31.7 Å². The smallest absolute Gasteiger partial charge is 0.179 e. The van der Waals surface area contributed by atoms with E-state index in [-0.39, 0.29) is 0 Å². The molecule has 0 saturated carbocycles. The molecule has 0 unspecified atom stereocenters. The van der Waals surface area contributed by atoms with E-state index in [4.69, 9.17) is 26.3 Å². The van der Waals surface area contributed by atoms with Gasteiger partial charge in [0, 0.05) is 0 Å². The van der Waals surface area contributed by atoms with Gasteiger partial charge in [0.1, 0.15) is 0 Å². The Morgan fingerprint density at radius 3 is 2.50 bits per heavy atom. The average molecular weight is 240 g/mol. The van der Waals surface area contributed by atoms with Gasteiger partial charge in [0.15, 0.2) is 11.5 Å². The maximum absolute atomic E-state index is 8.76. The molecule has 1 aromatic rings. The van der Waals surface area contributed by atoms with Gasteiger partial charge < -0.3 is 9.47 Å². The zero-order valence-corrected chi connectivity index (χ0v) is 10.4. The van der Waals surface area contributed by atoms with Crippen LogP contribution in [0.5, 0.6) is 11.5 Å². The molecule has 0 spiro atoms. The lowest BCUT2D eigenvalue weighted by Crippen LogP contribution is -1.99. The molecule has 0 amide bonds. The first kappa shape index (κ1) is 12.7. The standard InChI is InChI=1S/C12H14ClNO2/c1-4-9-8(5-6-14)7-10(15-2)12(16-3)11(9)13/h7H,4-5H2,1-3H3. The fraction of sp³-hybridized carbons (Fsp3) is 0.417. The minimum Gasteiger partial charge on any atom is -0.493 e. The Labute approximate surface area is 101 Å². The summed E-state index contributed by atoms with van der Waals surface area (Å²) in [6.07, 6.45) is 1.08. The molecule has 0 fully saturated rings. The van der Waals surface area contributed by atoms with E-state index in [1.165, 1.54) is 0 Å². The third kappa shape index (κ3) is 2.23. The first-order valence-corrected chi connectivity index (χ1v) is 5.36. The molecule has 0 aliphatic heterocycles. The summed E-state index contributed by atoms with van der Waals surface area (Å²) in [5.41, 5.74) is 1.84. The quantitative estimate of drug-likeness (QED) is 0.811. The van der Waals surface area contributed by atoms with E-state index in [0.29, 0.717) is 22.9 Å². The lowest BCUT2D eigenvalue weighted by molar-refractivity contribution is 0.354. The van der Waals surface area contributed by atoms with Gasteiger partial charge in [-0.2, -0.15) is 5.26 Å². The summed E-state index contributed by atoms with van der Waals surface area (Å²) in [7, 11) is 3.10. The van der Waals surface area contributed by atoms with Crippen molar-refractivity contribution in [3.8, 4) is 17.6 Å². The molecular formula is C12H14ClNO2. The van der Waals surface area contributed by atoms with Gasteiger partial charge in [-0.05, 0) is 23.6 Å². The molecule has 0 N–H and O–H groups in total. The lowest BCUT2D eigenvalue weighted by Gasteiger charge is -2.15. The summed E-state index contributed by atoms with van der Waals surface area (Å²) < 4.78 is 10.4. The van der Waals surface area contributed by atoms with Crippen molar-refractivity contribution in [3.63, 3.8) is 0 Å². The zero-order chi connectivity index (χ0) is 12.1. The highest BCUT2D eigenvalue weighted by Gasteiger charge is 2.16. The maximum Gasteiger partial charge on any atom is 0.179 e. The van der Waals surface area contributed by atoms with Crippen LogP contribution in [0.25, 0.3) is 0 Å². The molecule has 0 aliphatic rings. The number of ether oxygens (including phenoxy) is 2. The van der Waals surface area contributed by atoms with E-state index in [9.17, 15) is 0 Å². The van der Waals surface area contributed by atoms with E-state index < -0.39 is 0 Å². The summed E-state index contributed by atoms with van der Waals surface area (Å²) in [6.45, 7) is 1.99. The van der Waals surface area contributed by atoms with Gasteiger partial charge in [-0.1, -0.05) is 18.5 Å². The van der Waals surface area contributed by atoms with Crippen molar-refractivity contribution >= 4 is 11.6 Å². The summed E-state index contributed by atoms with van der Waals surface area (Å²) in [5.74, 6) is 1.10. The van der Waals surface area contributed by atoms with Crippen molar-refractivity contribution in [2.75, 3.05) is 14.2 Å². The normalized spacial score (nSPS) is 9.69. The highest BCUT2D eigenvalue weighted by Crippen LogP contribution is 2.39. The molecule has 3 nitrogen and oxygen atoms in total. The van der Waals surface area contributed by atoms with Crippen LogP contribution in [0.2, 0.25) is 5.02 Å². The van der Waals surface area contributed by atoms with E-state index in [0.717, 1.165) is 17.5 Å². The summed E-state index contributed by atoms with van der Waals surface area (Å²) in [4.78, 5) is 0. The molecular weight excluding hydrogens is 226 g/mol. The second kappa shape index (κ2) is 5.62. The van der Waals surface area contributed by atoms with Crippen molar-refractivity contribution in [2.45, 2.75) is 19.8 Å². The molecule has 4 heteroatoms. The second-order valence-electron chi connectivity index (χ2n) is 3.25. The zero-order valence-electron chi connectivity index (χ0n) is 9.63. The van der Waals surface area contributed by atoms with Crippen LogP contribution in [-0.4, -0.2) is 14.2 Å². The van der Waals surface area contributed by atoms with Crippen molar-refractivity contribution in [2.24, 2.45) is 0 Å². The molecule has 0 atom stereocenters. The van der Waals surface area contributed by atoms with E-state index in [1.807, 2.05) is 13.0 Å². The summed E-state index contributed by atoms with van der Waals surface area (Å²) >= 11 is 6.22. The molecule has 0 saturated heterocycles. The number of nitrogens with zero attached hydrogens (tertiary/aromatic N) is 1. The lowest BCUT2D eigenvalue weighted by atomic mass is 10.0. The number of halogens is 1. The molecule has 0 bridgehead atoms. The van der Waals surface area contributed by atoms with E-state index >= 15 is 0 Å². The number of benzene rings is 1. The third-order valence-electron chi connectivity index (χ3n) is 2.43. The largest absolute Gasteiger partial charge is 0.493 e. The molecule has 1 aromatic carbocycles. The topological polar surface area (TPSA) is 42.2 Å². The van der Waals surface area contributed by atoms with Crippen molar-refractivity contribution in [3.05, 3.63) is 22.2 Å². The Hall–Kier alpha value is -1.40. The van der Waals surface area contributed by atoms with Crippen LogP contribution in [0.15, 0.2) is 6.07 Å². The van der Waals surface area contributed by atoms with Crippen LogP contribution < -0.4 is 9.47 Å². The number of hydrogen-bond donors (Lipinski definition) is 0. The Morgan fingerprint density at radius 2 is 2.06 bits per heavy atom. The van der Waals surface area contributed by atoms with Crippen molar-refractivity contribution in [1.82, 2.24) is 0 Å². The predicted molar refractivity (Wildman–Crippen MR) is 63.3 cm³/mol. The van der Waals surface area contributed by atoms with Gasteiger partial charge in [-0.25, -0.2) is 0 Å². The Kier molecular flexibility index (Phi) is 4.45. The summed E-state index contributed by atoms with van der Waals surface area (Å²) in [6, 6.07) is 3.93. The van der Waals surface area contributed by atoms with Gasteiger partial charge in [-0.15, -0.1) is 0 Å². The summed E-state index contributed by atoms with van der Waals surface area (Å²) in [5, 5.41) is 9.29. The molecule has 0 heterocycles. The molecule has 16 heavy (non-hydrogen) atoms. The van der Waals surface area contributed by atoms with Crippen molar-refractivity contribution < 1.29 is 9.47 Å². The van der Waals surface area contributed by atoms with E-state index in [1.54, 1.807) is 14.2 Å². The van der Waals surface area contributed by atoms with Crippen LogP contribution in [0.1, 0.15) is 18.1 Å². The number of nitriles is 1. The fourth-order valence-electron chi connectivity index (χ4n) is 1.66. The second-order valence-corrected chi connectivity index (χ2v) is 3.63. The number of hydrogen-bond acceptors (Lipinski definition) is 3. The SMILES string of the molecule is CCc1c(CC#N)cc(OC)c(OC)c1Cl. The van der Waals surface area contributed by atoms with Crippen LogP contribution >= 0.6 is 11.6 Å². The Bertz CT molecular complexity index is 424. The minimum atomic E-state index is 0.323. The minimum absolute atomic E-state index is 0.323. The average Bonchev–Trinajstić information content (AvgIpc) is 2.29. The number of rotatable bonds is 4. The molecule has 1 rings (SSSR count).